The second kappa shape index (κ2) is 7.74. The van der Waals surface area contributed by atoms with Crippen LogP contribution in [-0.2, 0) is 29.1 Å². The van der Waals surface area contributed by atoms with Gasteiger partial charge in [-0.2, -0.15) is 4.31 Å². The number of sulfonamides is 1. The predicted molar refractivity (Wildman–Crippen MR) is 75.9 cm³/mol. The van der Waals surface area contributed by atoms with Gasteiger partial charge in [-0.05, 0) is 19.8 Å². The zero-order chi connectivity index (χ0) is 16.0. The molecule has 0 saturated heterocycles. The first kappa shape index (κ1) is 17.9. The fourth-order valence-electron chi connectivity index (χ4n) is 2.63. The minimum absolute atomic E-state index is 0.158. The monoisotopic (exact) mass is 321 g/mol. The van der Waals surface area contributed by atoms with Crippen molar-refractivity contribution in [3.05, 3.63) is 0 Å². The molecule has 0 bridgehead atoms. The number of hydrogen-bond donors (Lipinski definition) is 0. The lowest BCUT2D eigenvalue weighted by Gasteiger charge is -2.26. The number of ether oxygens (including phenoxy) is 2. The molecule has 2 unspecified atom stereocenters. The first-order chi connectivity index (χ1) is 9.88. The number of esters is 2. The van der Waals surface area contributed by atoms with E-state index in [1.54, 1.807) is 13.8 Å². The molecule has 21 heavy (non-hydrogen) atoms. The van der Waals surface area contributed by atoms with E-state index in [4.69, 9.17) is 4.74 Å². The van der Waals surface area contributed by atoms with Gasteiger partial charge >= 0.3 is 11.9 Å². The lowest BCUT2D eigenvalue weighted by molar-refractivity contribution is -0.145. The summed E-state index contributed by atoms with van der Waals surface area (Å²) in [5.41, 5.74) is 0. The summed E-state index contributed by atoms with van der Waals surface area (Å²) in [4.78, 5) is 23.2. The topological polar surface area (TPSA) is 90.0 Å². The molecule has 1 saturated carbocycles. The van der Waals surface area contributed by atoms with Gasteiger partial charge in [0.05, 0.1) is 24.9 Å². The third kappa shape index (κ3) is 4.16. The summed E-state index contributed by atoms with van der Waals surface area (Å²) in [6.07, 6.45) is 1.55. The van der Waals surface area contributed by atoms with Crippen LogP contribution >= 0.6 is 0 Å². The van der Waals surface area contributed by atoms with E-state index in [2.05, 4.69) is 4.74 Å². The lowest BCUT2D eigenvalue weighted by atomic mass is 10.1. The van der Waals surface area contributed by atoms with Gasteiger partial charge in [0, 0.05) is 6.54 Å². The van der Waals surface area contributed by atoms with Gasteiger partial charge < -0.3 is 9.47 Å². The maximum absolute atomic E-state index is 12.6. The van der Waals surface area contributed by atoms with Gasteiger partial charge in [-0.15, -0.1) is 0 Å². The van der Waals surface area contributed by atoms with Crippen molar-refractivity contribution in [3.63, 3.8) is 0 Å². The number of methoxy groups -OCH3 is 1. The van der Waals surface area contributed by atoms with Crippen molar-refractivity contribution in [1.29, 1.82) is 0 Å². The Morgan fingerprint density at radius 3 is 2.43 bits per heavy atom. The van der Waals surface area contributed by atoms with Crippen molar-refractivity contribution >= 4 is 22.0 Å². The smallest absolute Gasteiger partial charge is 0.321 e. The highest BCUT2D eigenvalue weighted by atomic mass is 32.2. The van der Waals surface area contributed by atoms with Gasteiger partial charge in [-0.25, -0.2) is 8.42 Å². The summed E-state index contributed by atoms with van der Waals surface area (Å²) in [6, 6.07) is 0. The highest BCUT2D eigenvalue weighted by Crippen LogP contribution is 2.33. The van der Waals surface area contributed by atoms with E-state index in [9.17, 15) is 18.0 Å². The van der Waals surface area contributed by atoms with Gasteiger partial charge in [0.1, 0.15) is 6.54 Å². The molecular weight excluding hydrogens is 298 g/mol. The molecule has 1 rings (SSSR count). The van der Waals surface area contributed by atoms with Crippen molar-refractivity contribution in [2.24, 2.45) is 5.92 Å². The molecule has 0 N–H and O–H groups in total. The van der Waals surface area contributed by atoms with E-state index in [0.717, 1.165) is 4.31 Å². The zero-order valence-electron chi connectivity index (χ0n) is 12.7. The third-order valence-electron chi connectivity index (χ3n) is 3.66. The van der Waals surface area contributed by atoms with E-state index >= 15 is 0 Å². The van der Waals surface area contributed by atoms with E-state index in [1.807, 2.05) is 0 Å². The number of carbonyl (C=O) groups excluding carboxylic acids is 2. The van der Waals surface area contributed by atoms with Crippen LogP contribution in [0.4, 0.5) is 0 Å². The molecule has 0 heterocycles. The van der Waals surface area contributed by atoms with Crippen LogP contribution in [0.1, 0.15) is 33.1 Å². The molecule has 8 heteroatoms. The van der Waals surface area contributed by atoms with Crippen LogP contribution in [0.2, 0.25) is 0 Å². The SMILES string of the molecule is CCOC(=O)CN(CC)S(=O)(=O)C1CCCC1C(=O)OC. The maximum Gasteiger partial charge on any atom is 0.321 e. The van der Waals surface area contributed by atoms with Gasteiger partial charge in [-0.3, -0.25) is 9.59 Å². The average molecular weight is 321 g/mol. The summed E-state index contributed by atoms with van der Waals surface area (Å²) in [5.74, 6) is -1.75. The Morgan fingerprint density at radius 1 is 1.24 bits per heavy atom. The van der Waals surface area contributed by atoms with Gasteiger partial charge in [0.25, 0.3) is 0 Å². The van der Waals surface area contributed by atoms with Gasteiger partial charge in [-0.1, -0.05) is 13.3 Å². The molecule has 1 fully saturated rings. The Balaban J connectivity index is 2.90. The fourth-order valence-corrected chi connectivity index (χ4v) is 4.78. The first-order valence-electron chi connectivity index (χ1n) is 7.10. The average Bonchev–Trinajstić information content (AvgIpc) is 2.94. The highest BCUT2D eigenvalue weighted by molar-refractivity contribution is 7.89. The first-order valence-corrected chi connectivity index (χ1v) is 8.61. The van der Waals surface area contributed by atoms with Crippen LogP contribution in [0.25, 0.3) is 0 Å². The van der Waals surface area contributed by atoms with Gasteiger partial charge in [0.2, 0.25) is 10.0 Å². The molecule has 1 aliphatic rings. The van der Waals surface area contributed by atoms with Crippen molar-refractivity contribution in [1.82, 2.24) is 4.31 Å². The Kier molecular flexibility index (Phi) is 6.60. The number of rotatable bonds is 7. The fraction of sp³-hybridized carbons (Fsp3) is 0.846. The largest absolute Gasteiger partial charge is 0.469 e. The van der Waals surface area contributed by atoms with Crippen LogP contribution < -0.4 is 0 Å². The molecule has 0 amide bonds. The number of carbonyl (C=O) groups is 2. The minimum atomic E-state index is -3.74. The number of hydrogen-bond acceptors (Lipinski definition) is 6. The maximum atomic E-state index is 12.6. The normalized spacial score (nSPS) is 22.3. The minimum Gasteiger partial charge on any atom is -0.469 e. The number of likely N-dealkylation sites (N-methyl/N-ethyl adjacent to an activating group) is 1. The van der Waals surface area contributed by atoms with Crippen LogP contribution in [-0.4, -0.2) is 56.7 Å². The standard InChI is InChI=1S/C13H23NO6S/c1-4-14(9-12(15)20-5-2)21(17,18)11-8-6-7-10(11)13(16)19-3/h10-11H,4-9H2,1-3H3. The molecule has 2 atom stereocenters. The van der Waals surface area contributed by atoms with Crippen molar-refractivity contribution in [2.45, 2.75) is 38.4 Å². The molecule has 1 aliphatic carbocycles. The Bertz CT molecular complexity index is 475. The van der Waals surface area contributed by atoms with Crippen LogP contribution in [0.15, 0.2) is 0 Å². The van der Waals surface area contributed by atoms with Crippen molar-refractivity contribution < 1.29 is 27.5 Å². The molecule has 7 nitrogen and oxygen atoms in total. The molecule has 0 aromatic rings. The zero-order valence-corrected chi connectivity index (χ0v) is 13.5. The molecule has 0 aromatic carbocycles. The Morgan fingerprint density at radius 2 is 1.90 bits per heavy atom. The van der Waals surface area contributed by atoms with Crippen LogP contribution in [0.5, 0.6) is 0 Å². The van der Waals surface area contributed by atoms with Crippen molar-refractivity contribution in [2.75, 3.05) is 26.8 Å². The van der Waals surface area contributed by atoms with E-state index in [1.165, 1.54) is 7.11 Å². The highest BCUT2D eigenvalue weighted by Gasteiger charge is 2.44. The Labute approximate surface area is 125 Å². The van der Waals surface area contributed by atoms with E-state index in [0.29, 0.717) is 19.3 Å². The van der Waals surface area contributed by atoms with Crippen molar-refractivity contribution in [3.8, 4) is 0 Å². The molecule has 0 spiro atoms. The van der Waals surface area contributed by atoms with Crippen LogP contribution in [0.3, 0.4) is 0 Å². The second-order valence-electron chi connectivity index (χ2n) is 4.88. The predicted octanol–water partition coefficient (Wildman–Crippen LogP) is 0.543. The van der Waals surface area contributed by atoms with Crippen LogP contribution in [0, 0.1) is 5.92 Å². The summed E-state index contributed by atoms with van der Waals surface area (Å²) in [7, 11) is -2.49. The lowest BCUT2D eigenvalue weighted by Crippen LogP contribution is -2.44. The molecule has 0 aromatic heterocycles. The summed E-state index contributed by atoms with van der Waals surface area (Å²) in [6.45, 7) is 3.35. The molecular formula is C13H23NO6S. The molecule has 0 radical (unpaired) electrons. The molecule has 0 aliphatic heterocycles. The molecule has 122 valence electrons. The summed E-state index contributed by atoms with van der Waals surface area (Å²) in [5, 5.41) is -0.820. The van der Waals surface area contributed by atoms with E-state index < -0.39 is 33.1 Å². The quantitative estimate of drug-likeness (QED) is 0.636. The third-order valence-corrected chi connectivity index (χ3v) is 6.10. The summed E-state index contributed by atoms with van der Waals surface area (Å²) < 4.78 is 35.8. The Hall–Kier alpha value is -1.15. The second-order valence-corrected chi connectivity index (χ2v) is 7.03. The van der Waals surface area contributed by atoms with Gasteiger partial charge in [0.15, 0.2) is 0 Å². The number of nitrogens with zero attached hydrogens (tertiary/aromatic N) is 1. The van der Waals surface area contributed by atoms with E-state index in [-0.39, 0.29) is 19.7 Å². The summed E-state index contributed by atoms with van der Waals surface area (Å²) >= 11 is 0.